The average Bonchev–Trinajstić information content (AvgIpc) is 3.27. The van der Waals surface area contributed by atoms with E-state index in [2.05, 4.69) is 6.92 Å². The minimum absolute atomic E-state index is 0.0280. The molecule has 1 aromatic heterocycles. The predicted molar refractivity (Wildman–Crippen MR) is 115 cm³/mol. The minimum Gasteiger partial charge on any atom is -0.494 e. The van der Waals surface area contributed by atoms with Crippen molar-refractivity contribution in [1.29, 1.82) is 0 Å². The SMILES string of the molecule is CCCCCCOc1ccc(C(=O)N(Cc2ccccc2)Cc2ccco2)cc1. The molecule has 0 bridgehead atoms. The van der Waals surface area contributed by atoms with Crippen LogP contribution in [-0.2, 0) is 13.1 Å². The highest BCUT2D eigenvalue weighted by molar-refractivity contribution is 5.94. The van der Waals surface area contributed by atoms with Gasteiger partial charge in [0.25, 0.3) is 5.91 Å². The van der Waals surface area contributed by atoms with Crippen molar-refractivity contribution >= 4 is 5.91 Å². The maximum absolute atomic E-state index is 13.2. The topological polar surface area (TPSA) is 42.7 Å². The van der Waals surface area contributed by atoms with Gasteiger partial charge in [-0.15, -0.1) is 0 Å². The minimum atomic E-state index is -0.0280. The predicted octanol–water partition coefficient (Wildman–Crippen LogP) is 6.08. The molecular weight excluding hydrogens is 362 g/mol. The third-order valence-corrected chi connectivity index (χ3v) is 4.80. The Morgan fingerprint density at radius 3 is 2.38 bits per heavy atom. The molecule has 0 aliphatic rings. The molecular formula is C25H29NO3. The molecule has 0 radical (unpaired) electrons. The van der Waals surface area contributed by atoms with E-state index in [4.69, 9.17) is 9.15 Å². The number of hydrogen-bond acceptors (Lipinski definition) is 3. The van der Waals surface area contributed by atoms with E-state index >= 15 is 0 Å². The monoisotopic (exact) mass is 391 g/mol. The summed E-state index contributed by atoms with van der Waals surface area (Å²) in [5, 5.41) is 0. The molecule has 0 fully saturated rings. The summed E-state index contributed by atoms with van der Waals surface area (Å²) >= 11 is 0. The summed E-state index contributed by atoms with van der Waals surface area (Å²) < 4.78 is 11.3. The third kappa shape index (κ3) is 6.53. The fourth-order valence-electron chi connectivity index (χ4n) is 3.19. The van der Waals surface area contributed by atoms with Gasteiger partial charge in [0.05, 0.1) is 19.4 Å². The van der Waals surface area contributed by atoms with Gasteiger partial charge in [0, 0.05) is 12.1 Å². The van der Waals surface area contributed by atoms with Crippen LogP contribution in [0.25, 0.3) is 0 Å². The van der Waals surface area contributed by atoms with E-state index < -0.39 is 0 Å². The van der Waals surface area contributed by atoms with Crippen molar-refractivity contribution in [2.24, 2.45) is 0 Å². The summed E-state index contributed by atoms with van der Waals surface area (Å²) in [4.78, 5) is 15.0. The zero-order valence-electron chi connectivity index (χ0n) is 17.0. The van der Waals surface area contributed by atoms with E-state index in [1.165, 1.54) is 19.3 Å². The number of amides is 1. The van der Waals surface area contributed by atoms with Gasteiger partial charge >= 0.3 is 0 Å². The van der Waals surface area contributed by atoms with Crippen molar-refractivity contribution in [1.82, 2.24) is 4.90 Å². The number of nitrogens with zero attached hydrogens (tertiary/aromatic N) is 1. The van der Waals surface area contributed by atoms with Crippen LogP contribution in [0.1, 0.15) is 54.3 Å². The second kappa shape index (κ2) is 11.1. The second-order valence-corrected chi connectivity index (χ2v) is 7.16. The van der Waals surface area contributed by atoms with Crippen LogP contribution in [0.4, 0.5) is 0 Å². The van der Waals surface area contributed by atoms with Gasteiger partial charge in [-0.2, -0.15) is 0 Å². The Hall–Kier alpha value is -3.01. The number of furan rings is 1. The molecule has 1 amide bonds. The van der Waals surface area contributed by atoms with Gasteiger partial charge in [0.1, 0.15) is 11.5 Å². The lowest BCUT2D eigenvalue weighted by Crippen LogP contribution is -2.30. The third-order valence-electron chi connectivity index (χ3n) is 4.80. The second-order valence-electron chi connectivity index (χ2n) is 7.16. The summed E-state index contributed by atoms with van der Waals surface area (Å²) in [7, 11) is 0. The van der Waals surface area contributed by atoms with E-state index in [9.17, 15) is 4.79 Å². The lowest BCUT2D eigenvalue weighted by molar-refractivity contribution is 0.0717. The summed E-state index contributed by atoms with van der Waals surface area (Å²) in [6, 6.07) is 21.1. The van der Waals surface area contributed by atoms with Crippen LogP contribution in [0.5, 0.6) is 5.75 Å². The highest BCUT2D eigenvalue weighted by Gasteiger charge is 2.18. The maximum Gasteiger partial charge on any atom is 0.254 e. The summed E-state index contributed by atoms with van der Waals surface area (Å²) in [6.07, 6.45) is 6.34. The number of carbonyl (C=O) groups excluding carboxylic acids is 1. The van der Waals surface area contributed by atoms with Crippen LogP contribution in [0.2, 0.25) is 0 Å². The smallest absolute Gasteiger partial charge is 0.254 e. The Balaban J connectivity index is 1.64. The van der Waals surface area contributed by atoms with E-state index in [1.807, 2.05) is 66.7 Å². The molecule has 0 saturated heterocycles. The number of ether oxygens (including phenoxy) is 1. The van der Waals surface area contributed by atoms with E-state index in [1.54, 1.807) is 11.2 Å². The van der Waals surface area contributed by atoms with E-state index in [0.717, 1.165) is 23.5 Å². The molecule has 4 heteroatoms. The largest absolute Gasteiger partial charge is 0.494 e. The van der Waals surface area contributed by atoms with Crippen LogP contribution in [0, 0.1) is 0 Å². The van der Waals surface area contributed by atoms with Crippen LogP contribution in [0.15, 0.2) is 77.4 Å². The average molecular weight is 392 g/mol. The standard InChI is InChI=1S/C25H29NO3/c1-2-3-4-8-17-28-23-15-13-22(14-16-23)25(27)26(20-24-12-9-18-29-24)19-21-10-6-5-7-11-21/h5-7,9-16,18H,2-4,8,17,19-20H2,1H3. The van der Waals surface area contributed by atoms with Crippen molar-refractivity contribution in [2.45, 2.75) is 45.7 Å². The number of hydrogen-bond donors (Lipinski definition) is 0. The van der Waals surface area contributed by atoms with E-state index in [0.29, 0.717) is 25.3 Å². The first-order valence-electron chi connectivity index (χ1n) is 10.3. The van der Waals surface area contributed by atoms with Crippen LogP contribution >= 0.6 is 0 Å². The highest BCUT2D eigenvalue weighted by Crippen LogP contribution is 2.18. The molecule has 29 heavy (non-hydrogen) atoms. The zero-order chi connectivity index (χ0) is 20.3. The lowest BCUT2D eigenvalue weighted by atomic mass is 10.1. The van der Waals surface area contributed by atoms with E-state index in [-0.39, 0.29) is 5.91 Å². The summed E-state index contributed by atoms with van der Waals surface area (Å²) in [5.41, 5.74) is 1.73. The van der Waals surface area contributed by atoms with Crippen LogP contribution in [0.3, 0.4) is 0 Å². The van der Waals surface area contributed by atoms with Gasteiger partial charge in [-0.1, -0.05) is 56.5 Å². The lowest BCUT2D eigenvalue weighted by Gasteiger charge is -2.22. The first-order valence-corrected chi connectivity index (χ1v) is 10.3. The molecule has 0 atom stereocenters. The summed E-state index contributed by atoms with van der Waals surface area (Å²) in [5.74, 6) is 1.54. The van der Waals surface area contributed by atoms with Crippen LogP contribution in [-0.4, -0.2) is 17.4 Å². The molecule has 1 heterocycles. The number of benzene rings is 2. The number of unbranched alkanes of at least 4 members (excludes halogenated alkanes) is 3. The van der Waals surface area contributed by atoms with Crippen molar-refractivity contribution in [3.8, 4) is 5.75 Å². The Labute approximate surface area is 173 Å². The van der Waals surface area contributed by atoms with Crippen molar-refractivity contribution < 1.29 is 13.9 Å². The molecule has 0 aliphatic heterocycles. The Morgan fingerprint density at radius 1 is 0.897 bits per heavy atom. The fraction of sp³-hybridized carbons (Fsp3) is 0.320. The first-order chi connectivity index (χ1) is 14.3. The molecule has 0 aliphatic carbocycles. The van der Waals surface area contributed by atoms with Crippen molar-refractivity contribution in [3.05, 3.63) is 89.9 Å². The molecule has 0 spiro atoms. The van der Waals surface area contributed by atoms with Crippen LogP contribution < -0.4 is 4.74 Å². The molecule has 2 aromatic carbocycles. The molecule has 3 aromatic rings. The zero-order valence-corrected chi connectivity index (χ0v) is 17.0. The molecule has 152 valence electrons. The first kappa shape index (κ1) is 20.7. The highest BCUT2D eigenvalue weighted by atomic mass is 16.5. The van der Waals surface area contributed by atoms with Gasteiger partial charge in [0.15, 0.2) is 0 Å². The van der Waals surface area contributed by atoms with Crippen molar-refractivity contribution in [2.75, 3.05) is 6.61 Å². The van der Waals surface area contributed by atoms with Gasteiger partial charge < -0.3 is 14.1 Å². The van der Waals surface area contributed by atoms with Gasteiger partial charge in [0.2, 0.25) is 0 Å². The molecule has 0 saturated carbocycles. The Bertz CT molecular complexity index is 842. The molecule has 0 unspecified atom stereocenters. The normalized spacial score (nSPS) is 10.7. The summed E-state index contributed by atoms with van der Waals surface area (Å²) in [6.45, 7) is 3.86. The fourth-order valence-corrected chi connectivity index (χ4v) is 3.19. The molecule has 0 N–H and O–H groups in total. The van der Waals surface area contributed by atoms with Crippen molar-refractivity contribution in [3.63, 3.8) is 0 Å². The molecule has 3 rings (SSSR count). The van der Waals surface area contributed by atoms with Gasteiger partial charge in [-0.3, -0.25) is 4.79 Å². The maximum atomic E-state index is 13.2. The van der Waals surface area contributed by atoms with Gasteiger partial charge in [-0.05, 0) is 48.4 Å². The number of rotatable bonds is 11. The number of carbonyl (C=O) groups is 1. The Kier molecular flexibility index (Phi) is 7.93. The molecule has 4 nitrogen and oxygen atoms in total. The van der Waals surface area contributed by atoms with Gasteiger partial charge in [-0.25, -0.2) is 0 Å². The Morgan fingerprint density at radius 2 is 1.69 bits per heavy atom. The quantitative estimate of drug-likeness (QED) is 0.372.